The van der Waals surface area contributed by atoms with Gasteiger partial charge in [-0.25, -0.2) is 0 Å². The van der Waals surface area contributed by atoms with E-state index in [1.54, 1.807) is 0 Å². The molecule has 1 aliphatic rings. The van der Waals surface area contributed by atoms with Crippen LogP contribution in [0.1, 0.15) is 34.1 Å². The van der Waals surface area contributed by atoms with E-state index < -0.39 is 0 Å². The van der Waals surface area contributed by atoms with Gasteiger partial charge in [-0.1, -0.05) is 63.4 Å². The summed E-state index contributed by atoms with van der Waals surface area (Å²) in [6.45, 7) is 11.0. The topological polar surface area (TPSA) is 15.3 Å². The molecule has 1 fully saturated rings. The molecule has 0 bridgehead atoms. The van der Waals surface area contributed by atoms with Crippen molar-refractivity contribution in [3.8, 4) is 0 Å². The molecule has 1 N–H and O–H groups in total. The lowest BCUT2D eigenvalue weighted by Gasteiger charge is -2.46. The summed E-state index contributed by atoms with van der Waals surface area (Å²) in [4.78, 5) is 2.42. The summed E-state index contributed by atoms with van der Waals surface area (Å²) in [7, 11) is 0. The monoisotopic (exact) mass is 328 g/mol. The Hall–Kier alpha value is -0.440. The number of benzene rings is 1. The Kier molecular flexibility index (Phi) is 5.81. The number of hydrogen-bond donors (Lipinski definition) is 1. The maximum absolute atomic E-state index is 6.45. The molecule has 4 heteroatoms. The molecule has 0 spiro atoms. The van der Waals surface area contributed by atoms with Gasteiger partial charge in [0.15, 0.2) is 0 Å². The van der Waals surface area contributed by atoms with E-state index in [9.17, 15) is 0 Å². The molecule has 21 heavy (non-hydrogen) atoms. The Balaban J connectivity index is 2.34. The van der Waals surface area contributed by atoms with Crippen molar-refractivity contribution < 1.29 is 0 Å². The Morgan fingerprint density at radius 1 is 1.24 bits per heavy atom. The van der Waals surface area contributed by atoms with Gasteiger partial charge in [0.1, 0.15) is 0 Å². The lowest BCUT2D eigenvalue weighted by atomic mass is 9.91. The summed E-state index contributed by atoms with van der Waals surface area (Å²) in [6.07, 6.45) is 1.17. The minimum absolute atomic E-state index is 0.419. The molecule has 1 saturated heterocycles. The smallest absolute Gasteiger partial charge is 0.0748 e. The lowest BCUT2D eigenvalue weighted by molar-refractivity contribution is 0.281. The van der Waals surface area contributed by atoms with Crippen molar-refractivity contribution in [1.29, 1.82) is 0 Å². The van der Waals surface area contributed by atoms with Crippen LogP contribution in [0.4, 0.5) is 5.69 Å². The van der Waals surface area contributed by atoms with Crippen LogP contribution in [0.2, 0.25) is 10.0 Å². The molecule has 3 atom stereocenters. The van der Waals surface area contributed by atoms with Crippen molar-refractivity contribution >= 4 is 28.9 Å². The van der Waals surface area contributed by atoms with Crippen LogP contribution in [0.25, 0.3) is 0 Å². The Morgan fingerprint density at radius 3 is 2.38 bits per heavy atom. The minimum Gasteiger partial charge on any atom is -0.363 e. The number of nitrogens with one attached hydrogen (secondary N) is 1. The minimum atomic E-state index is 0.419. The van der Waals surface area contributed by atoms with Gasteiger partial charge >= 0.3 is 0 Å². The van der Waals surface area contributed by atoms with Crippen LogP contribution < -0.4 is 10.2 Å². The first-order chi connectivity index (χ1) is 9.95. The summed E-state index contributed by atoms with van der Waals surface area (Å²) in [5, 5.41) is 5.21. The molecule has 0 saturated carbocycles. The van der Waals surface area contributed by atoms with Crippen molar-refractivity contribution in [3.05, 3.63) is 28.2 Å². The van der Waals surface area contributed by atoms with Crippen LogP contribution in [0.15, 0.2) is 18.2 Å². The number of halogens is 2. The van der Waals surface area contributed by atoms with E-state index in [4.69, 9.17) is 23.2 Å². The number of anilines is 1. The van der Waals surface area contributed by atoms with Crippen molar-refractivity contribution in [1.82, 2.24) is 5.32 Å². The zero-order valence-corrected chi connectivity index (χ0v) is 14.9. The number of rotatable bonds is 4. The summed E-state index contributed by atoms with van der Waals surface area (Å²) < 4.78 is 0. The van der Waals surface area contributed by atoms with Crippen molar-refractivity contribution in [3.63, 3.8) is 0 Å². The van der Waals surface area contributed by atoms with Gasteiger partial charge in [-0.3, -0.25) is 0 Å². The molecule has 0 aliphatic carbocycles. The van der Waals surface area contributed by atoms with Crippen LogP contribution >= 0.6 is 23.2 Å². The third-order valence-corrected chi connectivity index (χ3v) is 5.32. The average molecular weight is 329 g/mol. The molecule has 0 amide bonds. The Morgan fingerprint density at radius 2 is 1.86 bits per heavy atom. The van der Waals surface area contributed by atoms with Crippen molar-refractivity contribution in [2.75, 3.05) is 18.0 Å². The fourth-order valence-corrected chi connectivity index (χ4v) is 3.69. The third-order valence-electron chi connectivity index (χ3n) is 4.71. The Bertz CT molecular complexity index is 456. The lowest BCUT2D eigenvalue weighted by Crippen LogP contribution is -2.60. The summed E-state index contributed by atoms with van der Waals surface area (Å²) in [6, 6.07) is 6.67. The van der Waals surface area contributed by atoms with Crippen LogP contribution in [0, 0.1) is 11.8 Å². The van der Waals surface area contributed by atoms with Crippen LogP contribution in [-0.4, -0.2) is 25.2 Å². The van der Waals surface area contributed by atoms with E-state index in [-0.39, 0.29) is 0 Å². The van der Waals surface area contributed by atoms with Gasteiger partial charge in [-0.2, -0.15) is 0 Å². The Labute approximate surface area is 138 Å². The highest BCUT2D eigenvalue weighted by Crippen LogP contribution is 2.37. The molecule has 3 unspecified atom stereocenters. The van der Waals surface area contributed by atoms with Gasteiger partial charge in [0.2, 0.25) is 0 Å². The second kappa shape index (κ2) is 7.21. The second-order valence-electron chi connectivity index (χ2n) is 6.43. The molecule has 1 aliphatic heterocycles. The molecule has 2 nitrogen and oxygen atoms in total. The maximum Gasteiger partial charge on any atom is 0.0748 e. The predicted octanol–water partition coefficient (Wildman–Crippen LogP) is 4.84. The summed E-state index contributed by atoms with van der Waals surface area (Å²) in [5.74, 6) is 1.18. The van der Waals surface area contributed by atoms with Gasteiger partial charge in [0.05, 0.1) is 15.7 Å². The normalized spacial score (nSPS) is 24.4. The third kappa shape index (κ3) is 3.67. The molecule has 2 rings (SSSR count). The van der Waals surface area contributed by atoms with Gasteiger partial charge < -0.3 is 10.2 Å². The van der Waals surface area contributed by atoms with Gasteiger partial charge in [-0.05, 0) is 24.0 Å². The van der Waals surface area contributed by atoms with Gasteiger partial charge in [0.25, 0.3) is 0 Å². The van der Waals surface area contributed by atoms with E-state index in [0.29, 0.717) is 23.9 Å². The molecule has 1 heterocycles. The van der Waals surface area contributed by atoms with E-state index >= 15 is 0 Å². The van der Waals surface area contributed by atoms with E-state index in [1.807, 2.05) is 18.2 Å². The molecule has 1 aromatic carbocycles. The molecule has 0 radical (unpaired) electrons. The molecular weight excluding hydrogens is 303 g/mol. The van der Waals surface area contributed by atoms with Gasteiger partial charge in [-0.15, -0.1) is 0 Å². The first kappa shape index (κ1) is 16.9. The quantitative estimate of drug-likeness (QED) is 0.850. The zero-order chi connectivity index (χ0) is 15.6. The van der Waals surface area contributed by atoms with Gasteiger partial charge in [0, 0.05) is 25.2 Å². The number of para-hydroxylation sites is 1. The fourth-order valence-electron chi connectivity index (χ4n) is 3.08. The predicted molar refractivity (Wildman–Crippen MR) is 93.7 cm³/mol. The average Bonchev–Trinajstić information content (AvgIpc) is 2.46. The van der Waals surface area contributed by atoms with E-state index in [0.717, 1.165) is 28.8 Å². The first-order valence-electron chi connectivity index (χ1n) is 7.89. The molecule has 0 aromatic heterocycles. The zero-order valence-electron chi connectivity index (χ0n) is 13.4. The highest BCUT2D eigenvalue weighted by molar-refractivity contribution is 6.39. The van der Waals surface area contributed by atoms with Crippen molar-refractivity contribution in [2.24, 2.45) is 11.8 Å². The summed E-state index contributed by atoms with van der Waals surface area (Å²) >= 11 is 12.9. The van der Waals surface area contributed by atoms with Crippen molar-refractivity contribution in [2.45, 2.75) is 46.2 Å². The SMILES string of the molecule is CCC(C)C1CN(c2c(Cl)cccc2Cl)C(C(C)C)CN1. The number of hydrogen-bond acceptors (Lipinski definition) is 2. The first-order valence-corrected chi connectivity index (χ1v) is 8.65. The van der Waals surface area contributed by atoms with Crippen LogP contribution in [0.5, 0.6) is 0 Å². The molecule has 118 valence electrons. The molecular formula is C17H26Cl2N2. The maximum atomic E-state index is 6.45. The van der Waals surface area contributed by atoms with Crippen LogP contribution in [0.3, 0.4) is 0 Å². The molecule has 1 aromatic rings. The van der Waals surface area contributed by atoms with Crippen LogP contribution in [-0.2, 0) is 0 Å². The highest BCUT2D eigenvalue weighted by Gasteiger charge is 2.33. The largest absolute Gasteiger partial charge is 0.363 e. The fraction of sp³-hybridized carbons (Fsp3) is 0.647. The highest BCUT2D eigenvalue weighted by atomic mass is 35.5. The van der Waals surface area contributed by atoms with E-state index in [2.05, 4.69) is 37.9 Å². The second-order valence-corrected chi connectivity index (χ2v) is 7.25. The summed E-state index contributed by atoms with van der Waals surface area (Å²) in [5.41, 5.74) is 0.995. The number of nitrogens with zero attached hydrogens (tertiary/aromatic N) is 1. The van der Waals surface area contributed by atoms with E-state index in [1.165, 1.54) is 6.42 Å². The number of piperazine rings is 1. The standard InChI is InChI=1S/C17H26Cl2N2/c1-5-12(4)15-10-21(16(9-20-15)11(2)3)17-13(18)7-6-8-14(17)19/h6-8,11-12,15-16,20H,5,9-10H2,1-4H3.